The number of aryl methyl sites for hydroxylation is 2. The molecule has 0 aliphatic carbocycles. The molecule has 3 aromatic rings. The molecule has 0 fully saturated rings. The van der Waals surface area contributed by atoms with E-state index in [0.29, 0.717) is 10.8 Å². The van der Waals surface area contributed by atoms with Gasteiger partial charge in [-0.15, -0.1) is 0 Å². The second-order valence-corrected chi connectivity index (χ2v) is 6.61. The molecular weight excluding hydrogens is 362 g/mol. The summed E-state index contributed by atoms with van der Waals surface area (Å²) in [5.74, 6) is 1.24. The number of amides is 1. The summed E-state index contributed by atoms with van der Waals surface area (Å²) < 4.78 is 6.79. The molecule has 0 saturated heterocycles. The Bertz CT molecular complexity index is 931. The van der Waals surface area contributed by atoms with Crippen LogP contribution < -0.4 is 10.1 Å². The van der Waals surface area contributed by atoms with E-state index in [1.54, 1.807) is 18.8 Å². The molecule has 0 radical (unpaired) electrons. The van der Waals surface area contributed by atoms with Crippen LogP contribution in [0.1, 0.15) is 18.2 Å². The summed E-state index contributed by atoms with van der Waals surface area (Å²) >= 11 is 6.28. The van der Waals surface area contributed by atoms with E-state index < -0.39 is 0 Å². The van der Waals surface area contributed by atoms with Crippen LogP contribution in [0.25, 0.3) is 11.1 Å². The molecule has 0 aliphatic rings. The van der Waals surface area contributed by atoms with Crippen molar-refractivity contribution < 1.29 is 9.53 Å². The molecule has 1 N–H and O–H groups in total. The van der Waals surface area contributed by atoms with Gasteiger partial charge in [0, 0.05) is 7.05 Å². The van der Waals surface area contributed by atoms with E-state index in [1.165, 1.54) is 0 Å². The number of nitrogens with zero attached hydrogens (tertiary/aromatic N) is 2. The van der Waals surface area contributed by atoms with E-state index in [4.69, 9.17) is 16.3 Å². The fraction of sp³-hybridized carbons (Fsp3) is 0.238. The molecule has 1 amide bonds. The van der Waals surface area contributed by atoms with Crippen molar-refractivity contribution in [3.05, 3.63) is 64.8 Å². The van der Waals surface area contributed by atoms with Gasteiger partial charge in [-0.05, 0) is 35.2 Å². The van der Waals surface area contributed by atoms with Crippen LogP contribution in [-0.4, -0.2) is 22.8 Å². The van der Waals surface area contributed by atoms with Gasteiger partial charge in [-0.1, -0.05) is 54.9 Å². The Labute approximate surface area is 163 Å². The third-order valence-corrected chi connectivity index (χ3v) is 4.79. The second-order valence-electron chi connectivity index (χ2n) is 6.24. The number of halogens is 1. The number of anilines is 1. The molecule has 5 nitrogen and oxygen atoms in total. The number of carbonyl (C=O) groups excluding carboxylic acids is 1. The molecule has 0 spiro atoms. The Kier molecular flexibility index (Phi) is 5.81. The summed E-state index contributed by atoms with van der Waals surface area (Å²) in [5.41, 5.74) is 3.89. The van der Waals surface area contributed by atoms with E-state index in [0.717, 1.165) is 34.6 Å². The van der Waals surface area contributed by atoms with Crippen molar-refractivity contribution in [2.24, 2.45) is 7.05 Å². The standard InChI is InChI=1S/C21H22ClN3O2/c1-4-18-20(22)21(25(2)24-18)23-19(26)13-14-5-7-15(8-6-14)16-9-11-17(27-3)12-10-16/h5-12H,4,13H2,1-3H3,(H,23,26). The summed E-state index contributed by atoms with van der Waals surface area (Å²) in [6, 6.07) is 15.8. The van der Waals surface area contributed by atoms with Crippen molar-refractivity contribution in [2.75, 3.05) is 12.4 Å². The topological polar surface area (TPSA) is 56.2 Å². The number of nitrogens with one attached hydrogen (secondary N) is 1. The van der Waals surface area contributed by atoms with Crippen LogP contribution in [0.3, 0.4) is 0 Å². The predicted octanol–water partition coefficient (Wildman–Crippen LogP) is 4.49. The first-order valence-electron chi connectivity index (χ1n) is 8.76. The zero-order valence-corrected chi connectivity index (χ0v) is 16.4. The second kappa shape index (κ2) is 8.27. The molecule has 2 aromatic carbocycles. The van der Waals surface area contributed by atoms with Crippen LogP contribution in [0.2, 0.25) is 5.02 Å². The Hall–Kier alpha value is -2.79. The SMILES string of the molecule is CCc1nn(C)c(NC(=O)Cc2ccc(-c3ccc(OC)cc3)cc2)c1Cl. The first-order chi connectivity index (χ1) is 13.0. The molecule has 0 unspecified atom stereocenters. The molecule has 6 heteroatoms. The van der Waals surface area contributed by atoms with Gasteiger partial charge in [0.1, 0.15) is 16.6 Å². The van der Waals surface area contributed by atoms with Crippen molar-refractivity contribution in [3.63, 3.8) is 0 Å². The van der Waals surface area contributed by atoms with Crippen LogP contribution in [-0.2, 0) is 24.7 Å². The minimum absolute atomic E-state index is 0.125. The van der Waals surface area contributed by atoms with Crippen LogP contribution in [0, 0.1) is 0 Å². The minimum Gasteiger partial charge on any atom is -0.497 e. The maximum atomic E-state index is 12.4. The van der Waals surface area contributed by atoms with E-state index in [2.05, 4.69) is 10.4 Å². The Balaban J connectivity index is 1.67. The molecule has 3 rings (SSSR count). The van der Waals surface area contributed by atoms with Gasteiger partial charge in [0.2, 0.25) is 5.91 Å². The van der Waals surface area contributed by atoms with Crippen molar-refractivity contribution in [3.8, 4) is 16.9 Å². The maximum Gasteiger partial charge on any atom is 0.229 e. The molecule has 0 atom stereocenters. The smallest absolute Gasteiger partial charge is 0.229 e. The van der Waals surface area contributed by atoms with E-state index in [-0.39, 0.29) is 12.3 Å². The van der Waals surface area contributed by atoms with Crippen LogP contribution in [0.5, 0.6) is 5.75 Å². The lowest BCUT2D eigenvalue weighted by Gasteiger charge is -2.08. The fourth-order valence-corrected chi connectivity index (χ4v) is 3.22. The summed E-state index contributed by atoms with van der Waals surface area (Å²) in [6.45, 7) is 1.98. The van der Waals surface area contributed by atoms with Gasteiger partial charge < -0.3 is 10.1 Å². The summed E-state index contributed by atoms with van der Waals surface area (Å²) in [6.07, 6.45) is 0.987. The van der Waals surface area contributed by atoms with Gasteiger partial charge in [-0.2, -0.15) is 5.10 Å². The lowest BCUT2D eigenvalue weighted by molar-refractivity contribution is -0.115. The van der Waals surface area contributed by atoms with Crippen LogP contribution in [0.4, 0.5) is 5.82 Å². The summed E-state index contributed by atoms with van der Waals surface area (Å²) in [7, 11) is 3.42. The van der Waals surface area contributed by atoms with Crippen molar-refractivity contribution in [1.82, 2.24) is 9.78 Å². The van der Waals surface area contributed by atoms with Gasteiger partial charge in [0.05, 0.1) is 19.2 Å². The highest BCUT2D eigenvalue weighted by Crippen LogP contribution is 2.26. The number of benzene rings is 2. The molecule has 0 aliphatic heterocycles. The quantitative estimate of drug-likeness (QED) is 0.682. The highest BCUT2D eigenvalue weighted by molar-refractivity contribution is 6.34. The molecule has 27 heavy (non-hydrogen) atoms. The van der Waals surface area contributed by atoms with Gasteiger partial charge in [0.25, 0.3) is 0 Å². The third-order valence-electron chi connectivity index (χ3n) is 4.39. The molecule has 1 heterocycles. The Morgan fingerprint density at radius 3 is 2.22 bits per heavy atom. The van der Waals surface area contributed by atoms with Crippen LogP contribution >= 0.6 is 11.6 Å². The van der Waals surface area contributed by atoms with E-state index >= 15 is 0 Å². The number of rotatable bonds is 6. The average Bonchev–Trinajstić information content (AvgIpc) is 2.96. The summed E-state index contributed by atoms with van der Waals surface area (Å²) in [5, 5.41) is 7.67. The van der Waals surface area contributed by atoms with Crippen molar-refractivity contribution >= 4 is 23.3 Å². The van der Waals surface area contributed by atoms with Gasteiger partial charge in [-0.25, -0.2) is 0 Å². The lowest BCUT2D eigenvalue weighted by atomic mass is 10.0. The molecule has 0 bridgehead atoms. The molecule has 140 valence electrons. The van der Waals surface area contributed by atoms with Gasteiger partial charge in [0.15, 0.2) is 0 Å². The zero-order valence-electron chi connectivity index (χ0n) is 15.6. The number of aromatic nitrogens is 2. The monoisotopic (exact) mass is 383 g/mol. The summed E-state index contributed by atoms with van der Waals surface area (Å²) in [4.78, 5) is 12.4. The first kappa shape index (κ1) is 19.0. The van der Waals surface area contributed by atoms with Gasteiger partial charge >= 0.3 is 0 Å². The molecule has 1 aromatic heterocycles. The maximum absolute atomic E-state index is 12.4. The Morgan fingerprint density at radius 1 is 1.11 bits per heavy atom. The zero-order chi connectivity index (χ0) is 19.4. The number of methoxy groups -OCH3 is 1. The average molecular weight is 384 g/mol. The lowest BCUT2D eigenvalue weighted by Crippen LogP contribution is -2.16. The normalized spacial score (nSPS) is 10.7. The Morgan fingerprint density at radius 2 is 1.70 bits per heavy atom. The first-order valence-corrected chi connectivity index (χ1v) is 9.14. The minimum atomic E-state index is -0.125. The molecular formula is C21H22ClN3O2. The van der Waals surface area contributed by atoms with E-state index in [1.807, 2.05) is 55.5 Å². The predicted molar refractivity (Wildman–Crippen MR) is 108 cm³/mol. The highest BCUT2D eigenvalue weighted by Gasteiger charge is 2.15. The third kappa shape index (κ3) is 4.31. The number of hydrogen-bond donors (Lipinski definition) is 1. The van der Waals surface area contributed by atoms with Crippen molar-refractivity contribution in [2.45, 2.75) is 19.8 Å². The number of ether oxygens (including phenoxy) is 1. The largest absolute Gasteiger partial charge is 0.497 e. The fourth-order valence-electron chi connectivity index (χ4n) is 2.88. The van der Waals surface area contributed by atoms with Crippen molar-refractivity contribution in [1.29, 1.82) is 0 Å². The molecule has 0 saturated carbocycles. The van der Waals surface area contributed by atoms with E-state index in [9.17, 15) is 4.79 Å². The highest BCUT2D eigenvalue weighted by atomic mass is 35.5. The van der Waals surface area contributed by atoms with Gasteiger partial charge in [-0.3, -0.25) is 9.48 Å². The number of hydrogen-bond acceptors (Lipinski definition) is 3. The number of carbonyl (C=O) groups is 1. The van der Waals surface area contributed by atoms with Crippen LogP contribution in [0.15, 0.2) is 48.5 Å².